The Morgan fingerprint density at radius 2 is 1.97 bits per heavy atom. The predicted octanol–water partition coefficient (Wildman–Crippen LogP) is 4.94. The molecule has 1 aliphatic rings. The zero-order valence-electron chi connectivity index (χ0n) is 18.8. The summed E-state index contributed by atoms with van der Waals surface area (Å²) >= 11 is 3.51. The van der Waals surface area contributed by atoms with E-state index in [0.717, 1.165) is 13.0 Å². The van der Waals surface area contributed by atoms with Crippen LogP contribution in [0.25, 0.3) is 0 Å². The van der Waals surface area contributed by atoms with Gasteiger partial charge in [0.25, 0.3) is 5.91 Å². The van der Waals surface area contributed by atoms with Crippen molar-refractivity contribution in [1.29, 1.82) is 0 Å². The van der Waals surface area contributed by atoms with Gasteiger partial charge in [0.2, 0.25) is 5.91 Å². The Morgan fingerprint density at radius 1 is 1.09 bits per heavy atom. The molecule has 1 atom stereocenters. The van der Waals surface area contributed by atoms with Gasteiger partial charge in [-0.15, -0.1) is 22.7 Å². The highest BCUT2D eigenvalue weighted by molar-refractivity contribution is 7.10. The monoisotopic (exact) mass is 491 g/mol. The highest BCUT2D eigenvalue weighted by Gasteiger charge is 2.32. The summed E-state index contributed by atoms with van der Waals surface area (Å²) in [6.45, 7) is 1.38. The predicted molar refractivity (Wildman–Crippen MR) is 135 cm³/mol. The molecule has 0 spiro atoms. The maximum atomic E-state index is 13.4. The molecule has 0 unspecified atom stereocenters. The van der Waals surface area contributed by atoms with Gasteiger partial charge in [0.1, 0.15) is 5.76 Å². The van der Waals surface area contributed by atoms with Crippen molar-refractivity contribution in [3.63, 3.8) is 0 Å². The third kappa shape index (κ3) is 4.57. The number of thiophene rings is 2. The number of nitrogens with one attached hydrogen (secondary N) is 1. The first-order valence-electron chi connectivity index (χ1n) is 11.1. The number of likely N-dealkylation sites (N-methyl/N-ethyl adjacent to an activating group) is 1. The second-order valence-corrected chi connectivity index (χ2v) is 10.1. The van der Waals surface area contributed by atoms with Gasteiger partial charge in [-0.3, -0.25) is 14.5 Å². The van der Waals surface area contributed by atoms with Gasteiger partial charge >= 0.3 is 0 Å². The molecule has 5 rings (SSSR count). The van der Waals surface area contributed by atoms with E-state index in [0.29, 0.717) is 17.0 Å². The number of fused-ring (bicyclic) bond motifs is 1. The SMILES string of the molecule is CN(C(=O)CN1CCc2sccc2[C@@H]1c1cccs1)c1ccccc1C(=O)NCc1ccco1. The molecule has 174 valence electrons. The molecular formula is C26H25N3O3S2. The quantitative estimate of drug-likeness (QED) is 0.398. The zero-order valence-corrected chi connectivity index (χ0v) is 20.4. The number of benzene rings is 1. The molecule has 1 aromatic carbocycles. The molecule has 3 aromatic heterocycles. The topological polar surface area (TPSA) is 65.8 Å². The van der Waals surface area contributed by atoms with Crippen LogP contribution in [0.2, 0.25) is 0 Å². The van der Waals surface area contributed by atoms with Crippen LogP contribution in [0.15, 0.2) is 76.0 Å². The number of carbonyl (C=O) groups excluding carboxylic acids is 2. The maximum absolute atomic E-state index is 13.4. The molecule has 1 aliphatic heterocycles. The van der Waals surface area contributed by atoms with Crippen LogP contribution < -0.4 is 10.2 Å². The molecule has 0 aliphatic carbocycles. The van der Waals surface area contributed by atoms with Crippen molar-refractivity contribution in [2.45, 2.75) is 19.0 Å². The van der Waals surface area contributed by atoms with Gasteiger partial charge in [0.05, 0.1) is 36.6 Å². The summed E-state index contributed by atoms with van der Waals surface area (Å²) in [6.07, 6.45) is 2.52. The highest BCUT2D eigenvalue weighted by atomic mass is 32.1. The first kappa shape index (κ1) is 22.6. The number of furan rings is 1. The Balaban J connectivity index is 1.33. The average Bonchev–Trinajstić information content (AvgIpc) is 3.64. The number of nitrogens with zero attached hydrogens (tertiary/aromatic N) is 2. The van der Waals surface area contributed by atoms with Crippen molar-refractivity contribution >= 4 is 40.2 Å². The minimum absolute atomic E-state index is 0.0495. The van der Waals surface area contributed by atoms with Gasteiger partial charge in [-0.25, -0.2) is 0 Å². The Hall–Kier alpha value is -3.20. The molecule has 4 heterocycles. The molecule has 6 nitrogen and oxygen atoms in total. The summed E-state index contributed by atoms with van der Waals surface area (Å²) in [5, 5.41) is 7.09. The van der Waals surface area contributed by atoms with Crippen molar-refractivity contribution < 1.29 is 14.0 Å². The molecule has 34 heavy (non-hydrogen) atoms. The van der Waals surface area contributed by atoms with Crippen LogP contribution in [-0.2, 0) is 17.8 Å². The smallest absolute Gasteiger partial charge is 0.253 e. The maximum Gasteiger partial charge on any atom is 0.253 e. The Bertz CT molecular complexity index is 1260. The molecule has 0 saturated carbocycles. The van der Waals surface area contributed by atoms with Gasteiger partial charge in [-0.2, -0.15) is 0 Å². The minimum atomic E-state index is -0.246. The third-order valence-electron chi connectivity index (χ3n) is 6.10. The number of amides is 2. The van der Waals surface area contributed by atoms with Gasteiger partial charge in [0, 0.05) is 23.3 Å². The molecular weight excluding hydrogens is 466 g/mol. The Labute approximate surface area is 206 Å². The summed E-state index contributed by atoms with van der Waals surface area (Å²) in [5.74, 6) is 0.378. The van der Waals surface area contributed by atoms with Crippen molar-refractivity contribution in [3.05, 3.63) is 98.3 Å². The largest absolute Gasteiger partial charge is 0.467 e. The molecule has 0 saturated heterocycles. The summed E-state index contributed by atoms with van der Waals surface area (Å²) in [5.41, 5.74) is 2.34. The number of hydrogen-bond acceptors (Lipinski definition) is 6. The first-order valence-corrected chi connectivity index (χ1v) is 12.9. The van der Waals surface area contributed by atoms with Crippen LogP contribution >= 0.6 is 22.7 Å². The van der Waals surface area contributed by atoms with Gasteiger partial charge in [-0.05, 0) is 59.1 Å². The minimum Gasteiger partial charge on any atom is -0.467 e. The van der Waals surface area contributed by atoms with Crippen LogP contribution in [-0.4, -0.2) is 36.9 Å². The van der Waals surface area contributed by atoms with Gasteiger partial charge in [0.15, 0.2) is 0 Å². The fourth-order valence-corrected chi connectivity index (χ4v) is 6.15. The number of para-hydroxylation sites is 1. The van der Waals surface area contributed by atoms with Crippen molar-refractivity contribution in [2.75, 3.05) is 25.0 Å². The lowest BCUT2D eigenvalue weighted by Crippen LogP contribution is -2.43. The van der Waals surface area contributed by atoms with Gasteiger partial charge < -0.3 is 14.6 Å². The van der Waals surface area contributed by atoms with E-state index in [1.807, 2.05) is 18.2 Å². The Morgan fingerprint density at radius 3 is 2.76 bits per heavy atom. The molecule has 0 bridgehead atoms. The normalized spacial score (nSPS) is 15.6. The zero-order chi connectivity index (χ0) is 23.5. The second kappa shape index (κ2) is 9.97. The van der Waals surface area contributed by atoms with Gasteiger partial charge in [-0.1, -0.05) is 18.2 Å². The first-order chi connectivity index (χ1) is 16.6. The standard InChI is InChI=1S/C26H25N3O3S2/c1-28(21-8-3-2-7-19(21)26(31)27-16-18-6-4-13-32-18)24(30)17-29-12-10-22-20(11-15-34-22)25(29)23-9-5-14-33-23/h2-9,11,13-15,25H,10,12,16-17H2,1H3,(H,27,31)/t25-/m1/s1. The lowest BCUT2D eigenvalue weighted by atomic mass is 9.98. The Kier molecular flexibility index (Phi) is 6.62. The highest BCUT2D eigenvalue weighted by Crippen LogP contribution is 2.39. The van der Waals surface area contributed by atoms with Crippen molar-refractivity contribution in [1.82, 2.24) is 10.2 Å². The van der Waals surface area contributed by atoms with Crippen molar-refractivity contribution in [2.24, 2.45) is 0 Å². The molecule has 0 fully saturated rings. The lowest BCUT2D eigenvalue weighted by Gasteiger charge is -2.36. The van der Waals surface area contributed by atoms with E-state index >= 15 is 0 Å². The summed E-state index contributed by atoms with van der Waals surface area (Å²) in [6, 6.07) is 17.3. The number of carbonyl (C=O) groups is 2. The summed E-state index contributed by atoms with van der Waals surface area (Å²) in [7, 11) is 1.74. The molecule has 0 radical (unpaired) electrons. The number of rotatable bonds is 7. The molecule has 2 amide bonds. The van der Waals surface area contributed by atoms with E-state index < -0.39 is 0 Å². The van der Waals surface area contributed by atoms with Crippen LogP contribution in [0.4, 0.5) is 5.69 Å². The lowest BCUT2D eigenvalue weighted by molar-refractivity contribution is -0.119. The van der Waals surface area contributed by atoms with E-state index in [2.05, 4.69) is 39.2 Å². The molecule has 1 N–H and O–H groups in total. The van der Waals surface area contributed by atoms with Crippen LogP contribution in [0.3, 0.4) is 0 Å². The van der Waals surface area contributed by atoms with Crippen LogP contribution in [0, 0.1) is 0 Å². The van der Waals surface area contributed by atoms with Crippen LogP contribution in [0.1, 0.15) is 37.5 Å². The number of anilines is 1. The fraction of sp³-hybridized carbons (Fsp3) is 0.231. The summed E-state index contributed by atoms with van der Waals surface area (Å²) in [4.78, 5) is 32.8. The summed E-state index contributed by atoms with van der Waals surface area (Å²) < 4.78 is 5.30. The van der Waals surface area contributed by atoms with Crippen LogP contribution in [0.5, 0.6) is 0 Å². The van der Waals surface area contributed by atoms with E-state index in [9.17, 15) is 9.59 Å². The molecule has 8 heteroatoms. The van der Waals surface area contributed by atoms with E-state index in [-0.39, 0.29) is 30.9 Å². The van der Waals surface area contributed by atoms with E-state index in [4.69, 9.17) is 4.42 Å². The average molecular weight is 492 g/mol. The van der Waals surface area contributed by atoms with E-state index in [1.54, 1.807) is 59.1 Å². The number of hydrogen-bond donors (Lipinski definition) is 1. The van der Waals surface area contributed by atoms with E-state index in [1.165, 1.54) is 15.3 Å². The molecule has 4 aromatic rings. The third-order valence-corrected chi connectivity index (χ3v) is 8.03. The second-order valence-electron chi connectivity index (χ2n) is 8.17. The fourth-order valence-electron chi connectivity index (χ4n) is 4.37. The van der Waals surface area contributed by atoms with Crippen molar-refractivity contribution in [3.8, 4) is 0 Å².